The SMILES string of the molecule is CC(NC(=O)Nc1cccc(Cl)c1)(C(=O)O)C1CC1. The van der Waals surface area contributed by atoms with E-state index in [9.17, 15) is 14.7 Å². The zero-order chi connectivity index (χ0) is 14.0. The highest BCUT2D eigenvalue weighted by Gasteiger charge is 2.48. The van der Waals surface area contributed by atoms with Crippen molar-refractivity contribution in [1.29, 1.82) is 0 Å². The highest BCUT2D eigenvalue weighted by Crippen LogP contribution is 2.39. The van der Waals surface area contributed by atoms with Crippen molar-refractivity contribution < 1.29 is 14.7 Å². The molecule has 1 saturated carbocycles. The second-order valence-electron chi connectivity index (χ2n) is 4.87. The molecule has 1 unspecified atom stereocenters. The second kappa shape index (κ2) is 5.09. The van der Waals surface area contributed by atoms with E-state index < -0.39 is 17.5 Å². The lowest BCUT2D eigenvalue weighted by molar-refractivity contribution is -0.144. The third-order valence-electron chi connectivity index (χ3n) is 3.29. The molecule has 0 heterocycles. The maximum atomic E-state index is 11.8. The lowest BCUT2D eigenvalue weighted by Crippen LogP contribution is -2.55. The summed E-state index contributed by atoms with van der Waals surface area (Å²) in [6, 6.07) is 6.13. The van der Waals surface area contributed by atoms with Crippen LogP contribution in [0.2, 0.25) is 5.02 Å². The van der Waals surface area contributed by atoms with Crippen LogP contribution in [0.5, 0.6) is 0 Å². The van der Waals surface area contributed by atoms with Crippen LogP contribution in [0.3, 0.4) is 0 Å². The molecule has 0 bridgehead atoms. The summed E-state index contributed by atoms with van der Waals surface area (Å²) in [5.41, 5.74) is -0.698. The van der Waals surface area contributed by atoms with Gasteiger partial charge in [0.15, 0.2) is 0 Å². The average molecular weight is 283 g/mol. The van der Waals surface area contributed by atoms with E-state index in [1.54, 1.807) is 24.3 Å². The number of anilines is 1. The Balaban J connectivity index is 2.02. The molecule has 3 N–H and O–H groups in total. The fourth-order valence-electron chi connectivity index (χ4n) is 1.96. The minimum atomic E-state index is -1.22. The van der Waals surface area contributed by atoms with Crippen LogP contribution >= 0.6 is 11.6 Å². The van der Waals surface area contributed by atoms with Crippen molar-refractivity contribution in [1.82, 2.24) is 5.32 Å². The van der Waals surface area contributed by atoms with E-state index in [0.29, 0.717) is 10.7 Å². The van der Waals surface area contributed by atoms with Crippen molar-refractivity contribution in [3.8, 4) is 0 Å². The summed E-state index contributed by atoms with van der Waals surface area (Å²) in [4.78, 5) is 23.1. The minimum Gasteiger partial charge on any atom is -0.480 e. The number of halogens is 1. The first kappa shape index (κ1) is 13.7. The van der Waals surface area contributed by atoms with Crippen LogP contribution in [0.1, 0.15) is 19.8 Å². The van der Waals surface area contributed by atoms with Crippen molar-refractivity contribution in [2.75, 3.05) is 5.32 Å². The first-order chi connectivity index (χ1) is 8.91. The molecule has 0 radical (unpaired) electrons. The third kappa shape index (κ3) is 3.17. The van der Waals surface area contributed by atoms with Gasteiger partial charge in [0.1, 0.15) is 5.54 Å². The lowest BCUT2D eigenvalue weighted by atomic mass is 9.96. The molecule has 1 aromatic carbocycles. The van der Waals surface area contributed by atoms with Crippen LogP contribution in [0, 0.1) is 5.92 Å². The van der Waals surface area contributed by atoms with Gasteiger partial charge in [-0.2, -0.15) is 0 Å². The number of carboxylic acid groups (broad SMARTS) is 1. The Labute approximate surface area is 116 Å². The molecular weight excluding hydrogens is 268 g/mol. The van der Waals surface area contributed by atoms with Crippen molar-refractivity contribution in [2.24, 2.45) is 5.92 Å². The fourth-order valence-corrected chi connectivity index (χ4v) is 2.15. The molecule has 0 saturated heterocycles. The van der Waals surface area contributed by atoms with Crippen molar-refractivity contribution in [2.45, 2.75) is 25.3 Å². The number of carbonyl (C=O) groups excluding carboxylic acids is 1. The van der Waals surface area contributed by atoms with Crippen LogP contribution in [0.15, 0.2) is 24.3 Å². The fraction of sp³-hybridized carbons (Fsp3) is 0.385. The molecule has 2 rings (SSSR count). The summed E-state index contributed by atoms with van der Waals surface area (Å²) in [5.74, 6) is -1.02. The van der Waals surface area contributed by atoms with Crippen molar-refractivity contribution >= 4 is 29.3 Å². The van der Waals surface area contributed by atoms with Gasteiger partial charge in [-0.1, -0.05) is 17.7 Å². The second-order valence-corrected chi connectivity index (χ2v) is 5.31. The number of carboxylic acids is 1. The molecule has 0 spiro atoms. The summed E-state index contributed by atoms with van der Waals surface area (Å²) >= 11 is 5.81. The molecule has 6 heteroatoms. The van der Waals surface area contributed by atoms with Gasteiger partial charge >= 0.3 is 12.0 Å². The Bertz CT molecular complexity index is 516. The normalized spacial score (nSPS) is 17.4. The van der Waals surface area contributed by atoms with E-state index in [4.69, 9.17) is 11.6 Å². The lowest BCUT2D eigenvalue weighted by Gasteiger charge is -2.26. The highest BCUT2D eigenvalue weighted by molar-refractivity contribution is 6.30. The van der Waals surface area contributed by atoms with Gasteiger partial charge in [-0.25, -0.2) is 9.59 Å². The Morgan fingerprint density at radius 2 is 2.11 bits per heavy atom. The highest BCUT2D eigenvalue weighted by atomic mass is 35.5. The number of nitrogens with one attached hydrogen (secondary N) is 2. The summed E-state index contributed by atoms with van der Waals surface area (Å²) in [6.07, 6.45) is 1.64. The Morgan fingerprint density at radius 1 is 1.42 bits per heavy atom. The third-order valence-corrected chi connectivity index (χ3v) is 3.53. The monoisotopic (exact) mass is 282 g/mol. The number of hydrogen-bond acceptors (Lipinski definition) is 2. The van der Waals surface area contributed by atoms with Crippen molar-refractivity contribution in [3.05, 3.63) is 29.3 Å². The Kier molecular flexibility index (Phi) is 3.66. The van der Waals surface area contributed by atoms with E-state index in [2.05, 4.69) is 10.6 Å². The maximum absolute atomic E-state index is 11.8. The van der Waals surface area contributed by atoms with E-state index in [1.165, 1.54) is 6.92 Å². The predicted molar refractivity (Wildman–Crippen MR) is 72.4 cm³/mol. The molecule has 1 aromatic rings. The predicted octanol–water partition coefficient (Wildman–Crippen LogP) is 2.71. The largest absolute Gasteiger partial charge is 0.480 e. The molecule has 5 nitrogen and oxygen atoms in total. The molecular formula is C13H15ClN2O3. The number of benzene rings is 1. The standard InChI is InChI=1S/C13H15ClN2O3/c1-13(11(17)18,8-5-6-8)16-12(19)15-10-4-2-3-9(14)7-10/h2-4,7-8H,5-6H2,1H3,(H,17,18)(H2,15,16,19). The molecule has 1 aliphatic rings. The van der Waals surface area contributed by atoms with Gasteiger partial charge in [-0.3, -0.25) is 0 Å². The van der Waals surface area contributed by atoms with Crippen LogP contribution in [0.25, 0.3) is 0 Å². The van der Waals surface area contributed by atoms with Gasteiger partial charge < -0.3 is 15.7 Å². The van der Waals surface area contributed by atoms with Gasteiger partial charge in [-0.15, -0.1) is 0 Å². The Morgan fingerprint density at radius 3 is 2.63 bits per heavy atom. The number of rotatable bonds is 4. The molecule has 19 heavy (non-hydrogen) atoms. The molecule has 102 valence electrons. The number of hydrogen-bond donors (Lipinski definition) is 3. The first-order valence-corrected chi connectivity index (χ1v) is 6.38. The van der Waals surface area contributed by atoms with Crippen molar-refractivity contribution in [3.63, 3.8) is 0 Å². The van der Waals surface area contributed by atoms with E-state index in [-0.39, 0.29) is 5.92 Å². The van der Waals surface area contributed by atoms with Gasteiger partial charge in [-0.05, 0) is 43.9 Å². The first-order valence-electron chi connectivity index (χ1n) is 6.00. The van der Waals surface area contributed by atoms with Gasteiger partial charge in [0.2, 0.25) is 0 Å². The summed E-state index contributed by atoms with van der Waals surface area (Å²) in [6.45, 7) is 1.53. The van der Waals surface area contributed by atoms with Gasteiger partial charge in [0.05, 0.1) is 0 Å². The number of amides is 2. The molecule has 1 aliphatic carbocycles. The Hall–Kier alpha value is -1.75. The minimum absolute atomic E-state index is 0.00453. The quantitative estimate of drug-likeness (QED) is 0.794. The van der Waals surface area contributed by atoms with Crippen LogP contribution in [-0.2, 0) is 4.79 Å². The zero-order valence-electron chi connectivity index (χ0n) is 10.4. The van der Waals surface area contributed by atoms with E-state index in [1.807, 2.05) is 0 Å². The summed E-state index contributed by atoms with van der Waals surface area (Å²) < 4.78 is 0. The molecule has 1 fully saturated rings. The van der Waals surface area contributed by atoms with Gasteiger partial charge in [0, 0.05) is 10.7 Å². The number of carbonyl (C=O) groups is 2. The van der Waals surface area contributed by atoms with Crippen LogP contribution in [-0.4, -0.2) is 22.6 Å². The van der Waals surface area contributed by atoms with Crippen LogP contribution < -0.4 is 10.6 Å². The molecule has 2 amide bonds. The number of aliphatic carboxylic acids is 1. The molecule has 0 aromatic heterocycles. The zero-order valence-corrected chi connectivity index (χ0v) is 11.2. The molecule has 1 atom stereocenters. The molecule has 0 aliphatic heterocycles. The van der Waals surface area contributed by atoms with Gasteiger partial charge in [0.25, 0.3) is 0 Å². The van der Waals surface area contributed by atoms with Crippen LogP contribution in [0.4, 0.5) is 10.5 Å². The summed E-state index contributed by atoms with van der Waals surface area (Å²) in [5, 5.41) is 14.8. The van der Waals surface area contributed by atoms with E-state index in [0.717, 1.165) is 12.8 Å². The van der Waals surface area contributed by atoms with E-state index >= 15 is 0 Å². The topological polar surface area (TPSA) is 78.4 Å². The summed E-state index contributed by atoms with van der Waals surface area (Å²) in [7, 11) is 0. The number of urea groups is 1. The maximum Gasteiger partial charge on any atom is 0.329 e. The smallest absolute Gasteiger partial charge is 0.329 e. The average Bonchev–Trinajstić information content (AvgIpc) is 3.12.